The third-order valence-electron chi connectivity index (χ3n) is 8.18. The number of unbranched alkanes of at least 4 members (excludes halogenated alkanes) is 1. The number of benzene rings is 1. The van der Waals surface area contributed by atoms with Gasteiger partial charge >= 0.3 is 5.97 Å². The average molecular weight is 544 g/mol. The lowest BCUT2D eigenvalue weighted by molar-refractivity contribution is -0.156. The zero-order valence-corrected chi connectivity index (χ0v) is 24.0. The van der Waals surface area contributed by atoms with Crippen molar-refractivity contribution in [3.63, 3.8) is 0 Å². The Labute approximate surface area is 231 Å². The van der Waals surface area contributed by atoms with Crippen LogP contribution in [-0.2, 0) is 20.9 Å². The highest BCUT2D eigenvalue weighted by molar-refractivity contribution is 5.88. The first-order valence-corrected chi connectivity index (χ1v) is 14.2. The standard InChI is InChI=1S/C31H45NO7/c1-6-7-11-22-29(36)20(3)10-8-9-19(2)12-14-24(39-28(35)17-26(34)31(4,5)30(22)37)21-13-15-25-23(16-21)32-27(18-33)38-25/h12-13,15-16,20,22,24,26,29,33-34,36H,6-11,14,17-18H2,1-5H3/t20-,22+,24-,26-,29-/m0/s1. The minimum Gasteiger partial charge on any atom is -0.457 e. The number of aliphatic hydroxyl groups excluding tert-OH is 3. The molecule has 2 heterocycles. The molecule has 3 rings (SSSR count). The second-order valence-electron chi connectivity index (χ2n) is 11.7. The summed E-state index contributed by atoms with van der Waals surface area (Å²) in [6.45, 7) is 9.05. The molecular weight excluding hydrogens is 498 g/mol. The lowest BCUT2D eigenvalue weighted by Gasteiger charge is -2.36. The summed E-state index contributed by atoms with van der Waals surface area (Å²) in [5, 5.41) is 31.7. The molecule has 216 valence electrons. The van der Waals surface area contributed by atoms with Gasteiger partial charge in [-0.2, -0.15) is 0 Å². The molecule has 8 heteroatoms. The van der Waals surface area contributed by atoms with Crippen molar-refractivity contribution in [1.29, 1.82) is 0 Å². The summed E-state index contributed by atoms with van der Waals surface area (Å²) in [5.41, 5.74) is 1.72. The van der Waals surface area contributed by atoms with Gasteiger partial charge in [-0.25, -0.2) is 4.98 Å². The number of carbonyl (C=O) groups is 2. The first kappa shape index (κ1) is 31.0. The Morgan fingerprint density at radius 2 is 1.92 bits per heavy atom. The summed E-state index contributed by atoms with van der Waals surface area (Å²) in [6, 6.07) is 5.32. The average Bonchev–Trinajstić information content (AvgIpc) is 3.32. The molecule has 5 atom stereocenters. The molecule has 0 radical (unpaired) electrons. The van der Waals surface area contributed by atoms with Crippen LogP contribution in [0.15, 0.2) is 34.3 Å². The van der Waals surface area contributed by atoms with Crippen LogP contribution < -0.4 is 0 Å². The Bertz CT molecular complexity index is 1150. The number of aromatic nitrogens is 1. The van der Waals surface area contributed by atoms with Crippen molar-refractivity contribution in [2.24, 2.45) is 17.3 Å². The zero-order valence-electron chi connectivity index (χ0n) is 24.0. The van der Waals surface area contributed by atoms with Crippen molar-refractivity contribution >= 4 is 22.9 Å². The number of allylic oxidation sites excluding steroid dienone is 1. The van der Waals surface area contributed by atoms with Gasteiger partial charge in [-0.15, -0.1) is 0 Å². The molecule has 0 spiro atoms. The third-order valence-corrected chi connectivity index (χ3v) is 8.18. The summed E-state index contributed by atoms with van der Waals surface area (Å²) < 4.78 is 11.4. The molecule has 3 N–H and O–H groups in total. The highest BCUT2D eigenvalue weighted by atomic mass is 16.5. The topological polar surface area (TPSA) is 130 Å². The lowest BCUT2D eigenvalue weighted by atomic mass is 9.71. The molecule has 2 aromatic rings. The van der Waals surface area contributed by atoms with Gasteiger partial charge in [-0.1, -0.05) is 58.3 Å². The van der Waals surface area contributed by atoms with Gasteiger partial charge in [0.05, 0.1) is 24.0 Å². The minimum atomic E-state index is -1.26. The predicted molar refractivity (Wildman–Crippen MR) is 149 cm³/mol. The molecule has 0 amide bonds. The monoisotopic (exact) mass is 543 g/mol. The molecule has 0 unspecified atom stereocenters. The van der Waals surface area contributed by atoms with E-state index in [0.717, 1.165) is 43.2 Å². The van der Waals surface area contributed by atoms with Gasteiger partial charge in [0.2, 0.25) is 5.89 Å². The smallest absolute Gasteiger partial charge is 0.309 e. The molecule has 39 heavy (non-hydrogen) atoms. The van der Waals surface area contributed by atoms with E-state index in [2.05, 4.69) is 11.1 Å². The van der Waals surface area contributed by atoms with Gasteiger partial charge in [-0.3, -0.25) is 9.59 Å². The van der Waals surface area contributed by atoms with E-state index in [9.17, 15) is 24.9 Å². The molecule has 8 nitrogen and oxygen atoms in total. The van der Waals surface area contributed by atoms with Gasteiger partial charge in [0.15, 0.2) is 5.58 Å². The zero-order chi connectivity index (χ0) is 28.7. The van der Waals surface area contributed by atoms with Crippen LogP contribution in [0.5, 0.6) is 0 Å². The van der Waals surface area contributed by atoms with E-state index >= 15 is 0 Å². The van der Waals surface area contributed by atoms with E-state index in [1.165, 1.54) is 0 Å². The minimum absolute atomic E-state index is 0.0693. The van der Waals surface area contributed by atoms with Crippen molar-refractivity contribution in [2.45, 2.75) is 111 Å². The number of carbonyl (C=O) groups excluding carboxylic acids is 2. The summed E-state index contributed by atoms with van der Waals surface area (Å²) >= 11 is 0. The van der Waals surface area contributed by atoms with E-state index in [1.54, 1.807) is 32.0 Å². The number of oxazole rings is 1. The van der Waals surface area contributed by atoms with Gasteiger partial charge in [-0.05, 0) is 56.2 Å². The molecule has 1 aliphatic heterocycles. The number of cyclic esters (lactones) is 1. The lowest BCUT2D eigenvalue weighted by Crippen LogP contribution is -2.46. The van der Waals surface area contributed by atoms with Crippen LogP contribution >= 0.6 is 0 Å². The van der Waals surface area contributed by atoms with Gasteiger partial charge in [0.25, 0.3) is 0 Å². The number of esters is 1. The summed E-state index contributed by atoms with van der Waals surface area (Å²) in [7, 11) is 0. The van der Waals surface area contributed by atoms with Crippen molar-refractivity contribution in [1.82, 2.24) is 4.98 Å². The number of hydrogen-bond donors (Lipinski definition) is 3. The van der Waals surface area contributed by atoms with Crippen molar-refractivity contribution in [3.05, 3.63) is 41.3 Å². The van der Waals surface area contributed by atoms with Crippen LogP contribution in [0.4, 0.5) is 0 Å². The number of nitrogens with zero attached hydrogens (tertiary/aromatic N) is 1. The van der Waals surface area contributed by atoms with Crippen LogP contribution in [0.1, 0.15) is 104 Å². The second-order valence-corrected chi connectivity index (χ2v) is 11.7. The first-order chi connectivity index (χ1) is 18.5. The molecule has 0 bridgehead atoms. The fourth-order valence-corrected chi connectivity index (χ4v) is 5.34. The van der Waals surface area contributed by atoms with Gasteiger partial charge in [0.1, 0.15) is 24.0 Å². The second kappa shape index (κ2) is 13.7. The molecule has 0 fully saturated rings. The molecule has 1 aromatic heterocycles. The molecular formula is C31H45NO7. The van der Waals surface area contributed by atoms with E-state index in [-0.39, 0.29) is 30.6 Å². The third kappa shape index (κ3) is 7.77. The number of hydrogen-bond acceptors (Lipinski definition) is 8. The number of aliphatic hydroxyl groups is 3. The Morgan fingerprint density at radius 3 is 2.62 bits per heavy atom. The Hall–Kier alpha value is -2.55. The maximum atomic E-state index is 13.7. The fraction of sp³-hybridized carbons (Fsp3) is 0.645. The molecule has 1 aliphatic rings. The largest absolute Gasteiger partial charge is 0.457 e. The molecule has 0 saturated carbocycles. The van der Waals surface area contributed by atoms with Crippen molar-refractivity contribution in [2.75, 3.05) is 0 Å². The van der Waals surface area contributed by atoms with Crippen LogP contribution in [0.25, 0.3) is 11.1 Å². The van der Waals surface area contributed by atoms with E-state index < -0.39 is 35.6 Å². The van der Waals surface area contributed by atoms with E-state index in [1.807, 2.05) is 20.8 Å². The van der Waals surface area contributed by atoms with E-state index in [4.69, 9.17) is 9.15 Å². The van der Waals surface area contributed by atoms with Crippen LogP contribution in [0.3, 0.4) is 0 Å². The Morgan fingerprint density at radius 1 is 1.18 bits per heavy atom. The molecule has 1 aromatic carbocycles. The Kier molecular flexibility index (Phi) is 10.9. The normalized spacial score (nSPS) is 27.8. The summed E-state index contributed by atoms with van der Waals surface area (Å²) in [4.78, 5) is 31.1. The number of Topliss-reactive ketones (excluding diaryl/α,β-unsaturated/α-hetero) is 1. The van der Waals surface area contributed by atoms with Gasteiger partial charge in [0, 0.05) is 12.3 Å². The maximum absolute atomic E-state index is 13.7. The fourth-order valence-electron chi connectivity index (χ4n) is 5.34. The molecule has 0 saturated heterocycles. The van der Waals surface area contributed by atoms with Crippen LogP contribution in [-0.4, -0.2) is 44.3 Å². The van der Waals surface area contributed by atoms with Crippen molar-refractivity contribution < 1.29 is 34.1 Å². The highest BCUT2D eigenvalue weighted by Crippen LogP contribution is 2.35. The summed E-state index contributed by atoms with van der Waals surface area (Å²) in [6.07, 6.45) is 4.17. The maximum Gasteiger partial charge on any atom is 0.309 e. The summed E-state index contributed by atoms with van der Waals surface area (Å²) in [5.74, 6) is -1.29. The number of fused-ring (bicyclic) bond motifs is 1. The highest BCUT2D eigenvalue weighted by Gasteiger charge is 2.43. The predicted octanol–water partition coefficient (Wildman–Crippen LogP) is 5.57. The van der Waals surface area contributed by atoms with Crippen LogP contribution in [0.2, 0.25) is 0 Å². The Balaban J connectivity index is 1.92. The number of rotatable bonds is 5. The number of ether oxygens (including phenoxy) is 1. The van der Waals surface area contributed by atoms with Crippen molar-refractivity contribution in [3.8, 4) is 0 Å². The van der Waals surface area contributed by atoms with Crippen LogP contribution in [0, 0.1) is 17.3 Å². The molecule has 0 aliphatic carbocycles. The van der Waals surface area contributed by atoms with E-state index in [0.29, 0.717) is 23.9 Å². The SMILES string of the molecule is CCCC[C@H]1C(=O)C(C)(C)[C@@H](O)CC(=O)O[C@H](c2ccc3oc(CO)nc3c2)CC=C(C)CCC[C@H](C)[C@@H]1O. The quantitative estimate of drug-likeness (QED) is 0.329. The van der Waals surface area contributed by atoms with Gasteiger partial charge < -0.3 is 24.5 Å². The first-order valence-electron chi connectivity index (χ1n) is 14.2. The number of ketones is 1.